The molecule has 2 N–H and O–H groups in total. The van der Waals surface area contributed by atoms with E-state index in [0.717, 1.165) is 24.6 Å². The number of ether oxygens (including phenoxy) is 2. The summed E-state index contributed by atoms with van der Waals surface area (Å²) in [6.07, 6.45) is 4.25. The molecule has 150 valence electrons. The Morgan fingerprint density at radius 1 is 1.11 bits per heavy atom. The van der Waals surface area contributed by atoms with Gasteiger partial charge in [0, 0.05) is 37.9 Å². The average Bonchev–Trinajstić information content (AvgIpc) is 3.53. The van der Waals surface area contributed by atoms with Crippen LogP contribution in [-0.2, 0) is 16.7 Å². The zero-order valence-electron chi connectivity index (χ0n) is 16.8. The van der Waals surface area contributed by atoms with Gasteiger partial charge in [-0.2, -0.15) is 0 Å². The van der Waals surface area contributed by atoms with Gasteiger partial charge in [0.25, 0.3) is 0 Å². The van der Waals surface area contributed by atoms with Crippen molar-refractivity contribution in [3.8, 4) is 5.88 Å². The van der Waals surface area contributed by atoms with Crippen molar-refractivity contribution in [3.63, 3.8) is 0 Å². The minimum atomic E-state index is 0.250. The summed E-state index contributed by atoms with van der Waals surface area (Å²) < 4.78 is 10.5. The van der Waals surface area contributed by atoms with E-state index >= 15 is 0 Å². The topological polar surface area (TPSA) is 67.8 Å². The number of guanidine groups is 1. The van der Waals surface area contributed by atoms with E-state index in [2.05, 4.69) is 52.9 Å². The average molecular weight is 383 g/mol. The summed E-state index contributed by atoms with van der Waals surface area (Å²) in [4.78, 5) is 9.03. The molecular formula is C22H30N4O2. The van der Waals surface area contributed by atoms with Crippen LogP contribution < -0.4 is 15.4 Å². The molecule has 1 saturated carbocycles. The van der Waals surface area contributed by atoms with Crippen molar-refractivity contribution in [2.75, 3.05) is 33.4 Å². The van der Waals surface area contributed by atoms with E-state index in [-0.39, 0.29) is 5.41 Å². The van der Waals surface area contributed by atoms with E-state index in [1.807, 2.05) is 18.3 Å². The van der Waals surface area contributed by atoms with Crippen LogP contribution in [-0.4, -0.2) is 44.4 Å². The third-order valence-corrected chi connectivity index (χ3v) is 4.93. The number of hydrogen-bond donors (Lipinski definition) is 2. The minimum Gasteiger partial charge on any atom is -0.475 e. The van der Waals surface area contributed by atoms with Gasteiger partial charge in [0.15, 0.2) is 5.96 Å². The highest BCUT2D eigenvalue weighted by molar-refractivity contribution is 5.80. The fourth-order valence-electron chi connectivity index (χ4n) is 3.09. The van der Waals surface area contributed by atoms with Crippen molar-refractivity contribution >= 4 is 5.96 Å². The van der Waals surface area contributed by atoms with Crippen LogP contribution in [0.5, 0.6) is 5.88 Å². The predicted octanol–water partition coefficient (Wildman–Crippen LogP) is 2.89. The molecule has 2 aromatic rings. The van der Waals surface area contributed by atoms with Gasteiger partial charge >= 0.3 is 0 Å². The molecule has 0 saturated heterocycles. The number of hydrogen-bond acceptors (Lipinski definition) is 4. The lowest BCUT2D eigenvalue weighted by Crippen LogP contribution is -2.41. The molecule has 1 aromatic heterocycles. The maximum atomic E-state index is 5.49. The van der Waals surface area contributed by atoms with Crippen LogP contribution >= 0.6 is 0 Å². The third kappa shape index (κ3) is 5.70. The Morgan fingerprint density at radius 2 is 1.93 bits per heavy atom. The summed E-state index contributed by atoms with van der Waals surface area (Å²) in [5, 5.41) is 6.85. The van der Waals surface area contributed by atoms with Crippen molar-refractivity contribution < 1.29 is 9.47 Å². The molecule has 0 radical (unpaired) electrons. The monoisotopic (exact) mass is 382 g/mol. The fraction of sp³-hybridized carbons (Fsp3) is 0.455. The lowest BCUT2D eigenvalue weighted by molar-refractivity contribution is 0.143. The highest BCUT2D eigenvalue weighted by Crippen LogP contribution is 2.47. The Bertz CT molecular complexity index is 743. The molecular weight excluding hydrogens is 352 g/mol. The second-order valence-electron chi connectivity index (χ2n) is 7.04. The van der Waals surface area contributed by atoms with Gasteiger partial charge < -0.3 is 20.1 Å². The zero-order valence-corrected chi connectivity index (χ0v) is 16.8. The summed E-state index contributed by atoms with van der Waals surface area (Å²) in [6, 6.07) is 14.6. The van der Waals surface area contributed by atoms with Gasteiger partial charge in [0.2, 0.25) is 5.88 Å². The molecule has 3 rings (SSSR count). The summed E-state index contributed by atoms with van der Waals surface area (Å²) in [5.41, 5.74) is 2.70. The Kier molecular flexibility index (Phi) is 7.25. The van der Waals surface area contributed by atoms with Gasteiger partial charge in [-0.25, -0.2) is 9.98 Å². The number of nitrogens with one attached hydrogen (secondary N) is 2. The Hall–Kier alpha value is -2.60. The van der Waals surface area contributed by atoms with E-state index in [4.69, 9.17) is 14.5 Å². The molecule has 1 aliphatic carbocycles. The molecule has 1 heterocycles. The highest BCUT2D eigenvalue weighted by Gasteiger charge is 2.43. The first-order chi connectivity index (χ1) is 13.8. The molecule has 0 aliphatic heterocycles. The first kappa shape index (κ1) is 20.1. The van der Waals surface area contributed by atoms with Crippen LogP contribution in [0.25, 0.3) is 0 Å². The maximum Gasteiger partial charge on any atom is 0.213 e. The van der Waals surface area contributed by atoms with Gasteiger partial charge in [-0.3, -0.25) is 0 Å². The molecule has 6 heteroatoms. The quantitative estimate of drug-likeness (QED) is 0.376. The van der Waals surface area contributed by atoms with Crippen LogP contribution in [0.3, 0.4) is 0 Å². The van der Waals surface area contributed by atoms with Crippen molar-refractivity contribution in [2.24, 2.45) is 4.99 Å². The minimum absolute atomic E-state index is 0.250. The molecule has 28 heavy (non-hydrogen) atoms. The number of benzene rings is 1. The fourth-order valence-corrected chi connectivity index (χ4v) is 3.09. The SMILES string of the molecule is CCNC(=NCc1ccc(OCCOC)nc1)NCC1(c2ccccc2)CC1. The van der Waals surface area contributed by atoms with Crippen LogP contribution in [0, 0.1) is 0 Å². The normalized spacial score (nSPS) is 15.1. The largest absolute Gasteiger partial charge is 0.475 e. The molecule has 0 unspecified atom stereocenters. The Morgan fingerprint density at radius 3 is 2.57 bits per heavy atom. The maximum absolute atomic E-state index is 5.49. The van der Waals surface area contributed by atoms with Gasteiger partial charge in [0.1, 0.15) is 6.61 Å². The van der Waals surface area contributed by atoms with Crippen molar-refractivity contribution in [2.45, 2.75) is 31.7 Å². The molecule has 0 amide bonds. The van der Waals surface area contributed by atoms with Crippen LogP contribution in [0.2, 0.25) is 0 Å². The lowest BCUT2D eigenvalue weighted by atomic mass is 9.96. The number of pyridine rings is 1. The molecule has 6 nitrogen and oxygen atoms in total. The number of nitrogens with zero attached hydrogens (tertiary/aromatic N) is 2. The van der Waals surface area contributed by atoms with E-state index in [1.54, 1.807) is 7.11 Å². The highest BCUT2D eigenvalue weighted by atomic mass is 16.5. The number of methoxy groups -OCH3 is 1. The first-order valence-electron chi connectivity index (χ1n) is 9.90. The molecule has 1 aliphatic rings. The summed E-state index contributed by atoms with van der Waals surface area (Å²) in [7, 11) is 1.65. The van der Waals surface area contributed by atoms with Crippen molar-refractivity contribution in [1.82, 2.24) is 15.6 Å². The molecule has 1 aromatic carbocycles. The van der Waals surface area contributed by atoms with E-state index in [9.17, 15) is 0 Å². The van der Waals surface area contributed by atoms with Crippen LogP contribution in [0.15, 0.2) is 53.7 Å². The van der Waals surface area contributed by atoms with E-state index in [1.165, 1.54) is 18.4 Å². The molecule has 0 bridgehead atoms. The van der Waals surface area contributed by atoms with Crippen LogP contribution in [0.4, 0.5) is 0 Å². The first-order valence-corrected chi connectivity index (χ1v) is 9.90. The second kappa shape index (κ2) is 10.1. The molecule has 0 spiro atoms. The lowest BCUT2D eigenvalue weighted by Gasteiger charge is -2.19. The predicted molar refractivity (Wildman–Crippen MR) is 112 cm³/mol. The Labute approximate surface area is 167 Å². The Balaban J connectivity index is 1.54. The van der Waals surface area contributed by atoms with Gasteiger partial charge in [-0.05, 0) is 30.9 Å². The van der Waals surface area contributed by atoms with Gasteiger partial charge in [-0.15, -0.1) is 0 Å². The van der Waals surface area contributed by atoms with E-state index in [0.29, 0.717) is 25.6 Å². The van der Waals surface area contributed by atoms with Crippen LogP contribution in [0.1, 0.15) is 30.9 Å². The summed E-state index contributed by atoms with van der Waals surface area (Å²) >= 11 is 0. The number of aromatic nitrogens is 1. The standard InChI is InChI=1S/C22H30N4O2/c1-3-23-21(26-17-22(11-12-22)19-7-5-4-6-8-19)25-16-18-9-10-20(24-15-18)28-14-13-27-2/h4-10,15H,3,11-14,16-17H2,1-2H3,(H2,23,25,26). The van der Waals surface area contributed by atoms with Crippen molar-refractivity contribution in [3.05, 3.63) is 59.8 Å². The van der Waals surface area contributed by atoms with Gasteiger partial charge in [0.05, 0.1) is 13.2 Å². The molecule has 1 fully saturated rings. The van der Waals surface area contributed by atoms with E-state index < -0.39 is 0 Å². The molecule has 0 atom stereocenters. The summed E-state index contributed by atoms with van der Waals surface area (Å²) in [6.45, 7) is 5.42. The zero-order chi connectivity index (χ0) is 19.7. The second-order valence-corrected chi connectivity index (χ2v) is 7.04. The van der Waals surface area contributed by atoms with Gasteiger partial charge in [-0.1, -0.05) is 36.4 Å². The summed E-state index contributed by atoms with van der Waals surface area (Å²) in [5.74, 6) is 1.44. The number of aliphatic imine (C=N–C) groups is 1. The third-order valence-electron chi connectivity index (χ3n) is 4.93. The number of rotatable bonds is 10. The smallest absolute Gasteiger partial charge is 0.213 e. The van der Waals surface area contributed by atoms with Crippen molar-refractivity contribution in [1.29, 1.82) is 0 Å².